The molecule has 8 nitrogen and oxygen atoms in total. The second-order valence-electron chi connectivity index (χ2n) is 3.46. The summed E-state index contributed by atoms with van der Waals surface area (Å²) in [4.78, 5) is 46.4. The quantitative estimate of drug-likeness (QED) is 0.361. The lowest BCUT2D eigenvalue weighted by Gasteiger charge is -2.24. The van der Waals surface area contributed by atoms with Crippen LogP contribution < -0.4 is 0 Å². The van der Waals surface area contributed by atoms with Gasteiger partial charge < -0.3 is 18.9 Å². The third kappa shape index (κ3) is 3.43. The zero-order valence-corrected chi connectivity index (χ0v) is 11.2. The molecule has 0 rings (SSSR count). The van der Waals surface area contributed by atoms with Crippen LogP contribution in [-0.4, -0.2) is 52.3 Å². The van der Waals surface area contributed by atoms with Gasteiger partial charge in [-0.05, 0) is 6.42 Å². The summed E-state index contributed by atoms with van der Waals surface area (Å²) in [6.45, 7) is 0. The third-order valence-corrected chi connectivity index (χ3v) is 2.53. The third-order valence-electron chi connectivity index (χ3n) is 2.53. The Morgan fingerprint density at radius 1 is 0.737 bits per heavy atom. The lowest BCUT2D eigenvalue weighted by Crippen LogP contribution is -2.49. The van der Waals surface area contributed by atoms with Crippen LogP contribution in [0.15, 0.2) is 0 Å². The van der Waals surface area contributed by atoms with E-state index < -0.39 is 35.7 Å². The van der Waals surface area contributed by atoms with E-state index >= 15 is 0 Å². The smallest absolute Gasteiger partial charge is 0.334 e. The van der Waals surface area contributed by atoms with Crippen molar-refractivity contribution in [1.82, 2.24) is 0 Å². The van der Waals surface area contributed by atoms with Gasteiger partial charge in [0, 0.05) is 6.42 Å². The Kier molecular flexibility index (Phi) is 6.53. The van der Waals surface area contributed by atoms with E-state index in [9.17, 15) is 19.2 Å². The van der Waals surface area contributed by atoms with Gasteiger partial charge in [-0.15, -0.1) is 0 Å². The number of methoxy groups -OCH3 is 4. The highest BCUT2D eigenvalue weighted by molar-refractivity contribution is 6.18. The first-order valence-corrected chi connectivity index (χ1v) is 5.22. The Labute approximate surface area is 109 Å². The van der Waals surface area contributed by atoms with E-state index in [0.717, 1.165) is 28.4 Å². The fraction of sp³-hybridized carbons (Fsp3) is 0.636. The lowest BCUT2D eigenvalue weighted by molar-refractivity contribution is -0.181. The van der Waals surface area contributed by atoms with Crippen LogP contribution in [0, 0.1) is 5.41 Å². The zero-order chi connectivity index (χ0) is 15.1. The summed E-state index contributed by atoms with van der Waals surface area (Å²) in [5.74, 6) is -4.17. The van der Waals surface area contributed by atoms with Crippen molar-refractivity contribution in [2.45, 2.75) is 12.8 Å². The summed E-state index contributed by atoms with van der Waals surface area (Å²) in [5.41, 5.74) is -2.33. The van der Waals surface area contributed by atoms with Gasteiger partial charge in [-0.2, -0.15) is 0 Å². The minimum absolute atomic E-state index is 0.351. The molecule has 0 fully saturated rings. The molecule has 8 heteroatoms. The summed E-state index contributed by atoms with van der Waals surface area (Å²) in [6.07, 6.45) is -0.818. The Morgan fingerprint density at radius 3 is 1.37 bits per heavy atom. The van der Waals surface area contributed by atoms with Gasteiger partial charge in [0.1, 0.15) is 0 Å². The molecule has 0 N–H and O–H groups in total. The molecule has 0 aromatic rings. The Balaban J connectivity index is 5.49. The number of rotatable bonds is 6. The van der Waals surface area contributed by atoms with Crippen molar-refractivity contribution >= 4 is 23.9 Å². The Bertz CT molecular complexity index is 332. The summed E-state index contributed by atoms with van der Waals surface area (Å²) < 4.78 is 17.7. The van der Waals surface area contributed by atoms with E-state index in [2.05, 4.69) is 18.9 Å². The summed E-state index contributed by atoms with van der Waals surface area (Å²) in [7, 11) is 4.14. The van der Waals surface area contributed by atoms with E-state index in [4.69, 9.17) is 0 Å². The average Bonchev–Trinajstić information content (AvgIpc) is 2.45. The maximum atomic E-state index is 11.8. The van der Waals surface area contributed by atoms with Gasteiger partial charge in [0.15, 0.2) is 0 Å². The van der Waals surface area contributed by atoms with Crippen molar-refractivity contribution in [2.24, 2.45) is 5.41 Å². The van der Waals surface area contributed by atoms with E-state index in [1.165, 1.54) is 0 Å². The Hall–Kier alpha value is -2.12. The largest absolute Gasteiger partial charge is 0.469 e. The van der Waals surface area contributed by atoms with E-state index in [1.54, 1.807) is 0 Å². The van der Waals surface area contributed by atoms with Crippen LogP contribution in [0.4, 0.5) is 0 Å². The molecule has 0 aliphatic rings. The molecule has 19 heavy (non-hydrogen) atoms. The molecule has 0 unspecified atom stereocenters. The number of carbonyl (C=O) groups excluding carboxylic acids is 4. The molecule has 108 valence electrons. The number of esters is 4. The van der Waals surface area contributed by atoms with Crippen LogP contribution in [-0.2, 0) is 38.1 Å². The van der Waals surface area contributed by atoms with Gasteiger partial charge >= 0.3 is 23.9 Å². The number of ether oxygens (including phenoxy) is 4. The molecule has 0 aromatic carbocycles. The summed E-state index contributed by atoms with van der Waals surface area (Å²) in [6, 6.07) is 0. The molecule has 0 atom stereocenters. The summed E-state index contributed by atoms with van der Waals surface area (Å²) >= 11 is 0. The van der Waals surface area contributed by atoms with Crippen molar-refractivity contribution < 1.29 is 38.1 Å². The van der Waals surface area contributed by atoms with Crippen molar-refractivity contribution in [2.75, 3.05) is 28.4 Å². The fourth-order valence-corrected chi connectivity index (χ4v) is 1.47. The standard InChI is InChI=1S/C11H16O8/c1-16-7(12)5-6-11(8(13)17-2,9(14)18-3)10(15)19-4/h5-6H2,1-4H3. The predicted octanol–water partition coefficient (Wildman–Crippen LogP) is -0.555. The van der Waals surface area contributed by atoms with Crippen molar-refractivity contribution in [1.29, 1.82) is 0 Å². The normalized spacial score (nSPS) is 10.3. The van der Waals surface area contributed by atoms with Crippen LogP contribution in [0.3, 0.4) is 0 Å². The van der Waals surface area contributed by atoms with Crippen molar-refractivity contribution in [3.63, 3.8) is 0 Å². The van der Waals surface area contributed by atoms with E-state index in [0.29, 0.717) is 0 Å². The second kappa shape index (κ2) is 7.34. The minimum atomic E-state index is -2.33. The molecule has 0 aliphatic heterocycles. The van der Waals surface area contributed by atoms with E-state index in [1.807, 2.05) is 0 Å². The number of hydrogen-bond acceptors (Lipinski definition) is 8. The maximum Gasteiger partial charge on any atom is 0.334 e. The SMILES string of the molecule is COC(=O)CCC(C(=O)OC)(C(=O)OC)C(=O)OC. The topological polar surface area (TPSA) is 105 Å². The highest BCUT2D eigenvalue weighted by Gasteiger charge is 2.56. The lowest BCUT2D eigenvalue weighted by atomic mass is 9.83. The first-order valence-electron chi connectivity index (χ1n) is 5.22. The molecule has 0 heterocycles. The molecule has 0 amide bonds. The maximum absolute atomic E-state index is 11.8. The summed E-state index contributed by atoms with van der Waals surface area (Å²) in [5, 5.41) is 0. The second-order valence-corrected chi connectivity index (χ2v) is 3.46. The van der Waals surface area contributed by atoms with Crippen molar-refractivity contribution in [3.05, 3.63) is 0 Å². The molecule has 0 saturated heterocycles. The zero-order valence-electron chi connectivity index (χ0n) is 11.2. The van der Waals surface area contributed by atoms with Crippen LogP contribution in [0.5, 0.6) is 0 Å². The molecule has 0 aliphatic carbocycles. The molecule has 0 bridgehead atoms. The highest BCUT2D eigenvalue weighted by atomic mass is 16.6. The number of carbonyl (C=O) groups is 4. The van der Waals surface area contributed by atoms with Crippen LogP contribution in [0.25, 0.3) is 0 Å². The number of hydrogen-bond donors (Lipinski definition) is 0. The highest BCUT2D eigenvalue weighted by Crippen LogP contribution is 2.29. The van der Waals surface area contributed by atoms with Gasteiger partial charge in [-0.25, -0.2) is 0 Å². The first kappa shape index (κ1) is 16.9. The molecular formula is C11H16O8. The van der Waals surface area contributed by atoms with Crippen LogP contribution >= 0.6 is 0 Å². The average molecular weight is 276 g/mol. The molecule has 0 aromatic heterocycles. The molecular weight excluding hydrogens is 260 g/mol. The predicted molar refractivity (Wildman–Crippen MR) is 59.7 cm³/mol. The monoisotopic (exact) mass is 276 g/mol. The molecule has 0 spiro atoms. The van der Waals surface area contributed by atoms with Gasteiger partial charge in [-0.3, -0.25) is 19.2 Å². The van der Waals surface area contributed by atoms with Crippen LogP contribution in [0.2, 0.25) is 0 Å². The van der Waals surface area contributed by atoms with Gasteiger partial charge in [0.05, 0.1) is 28.4 Å². The van der Waals surface area contributed by atoms with E-state index in [-0.39, 0.29) is 6.42 Å². The van der Waals surface area contributed by atoms with Gasteiger partial charge in [0.25, 0.3) is 5.41 Å². The van der Waals surface area contributed by atoms with Crippen LogP contribution in [0.1, 0.15) is 12.8 Å². The first-order chi connectivity index (χ1) is 8.90. The fourth-order valence-electron chi connectivity index (χ4n) is 1.47. The van der Waals surface area contributed by atoms with Crippen molar-refractivity contribution in [3.8, 4) is 0 Å². The Morgan fingerprint density at radius 2 is 1.11 bits per heavy atom. The van der Waals surface area contributed by atoms with Gasteiger partial charge in [-0.1, -0.05) is 0 Å². The van der Waals surface area contributed by atoms with Gasteiger partial charge in [0.2, 0.25) is 0 Å². The molecule has 0 radical (unpaired) electrons. The minimum Gasteiger partial charge on any atom is -0.469 e. The molecule has 0 saturated carbocycles.